The molecule has 3 aromatic rings. The third-order valence-electron chi connectivity index (χ3n) is 3.71. The predicted octanol–water partition coefficient (Wildman–Crippen LogP) is 0.880. The second-order valence-corrected chi connectivity index (χ2v) is 5.27. The van der Waals surface area contributed by atoms with E-state index in [-0.39, 0.29) is 12.5 Å². The van der Waals surface area contributed by atoms with E-state index in [1.165, 1.54) is 6.08 Å². The van der Waals surface area contributed by atoms with E-state index in [1.54, 1.807) is 41.1 Å². The number of hydrogen-bond acceptors (Lipinski definition) is 5. The Balaban J connectivity index is 2.09. The molecule has 0 aliphatic heterocycles. The van der Waals surface area contributed by atoms with E-state index in [0.29, 0.717) is 28.4 Å². The molecule has 0 saturated heterocycles. The Hall–Kier alpha value is -3.68. The molecule has 5 N–H and O–H groups in total. The Bertz CT molecular complexity index is 975. The molecule has 3 rings (SSSR count). The van der Waals surface area contributed by atoms with Gasteiger partial charge in [-0.15, -0.1) is 0 Å². The summed E-state index contributed by atoms with van der Waals surface area (Å²) in [5.74, 6) is 0.0972. The fraction of sp³-hybridized carbons (Fsp3) is 0.0588. The summed E-state index contributed by atoms with van der Waals surface area (Å²) in [7, 11) is 0. The number of carbonyl (C=O) groups excluding carboxylic acids is 2. The van der Waals surface area contributed by atoms with E-state index < -0.39 is 5.91 Å². The van der Waals surface area contributed by atoms with Crippen molar-refractivity contribution in [3.05, 3.63) is 60.7 Å². The molecule has 25 heavy (non-hydrogen) atoms. The van der Waals surface area contributed by atoms with Crippen LogP contribution in [0, 0.1) is 0 Å². The predicted molar refractivity (Wildman–Crippen MR) is 93.4 cm³/mol. The lowest BCUT2D eigenvalue weighted by Gasteiger charge is -2.03. The molecule has 8 heteroatoms. The number of hydrogen-bond donors (Lipinski definition) is 3. The highest BCUT2D eigenvalue weighted by Crippen LogP contribution is 2.28. The molecule has 2 amide bonds. The van der Waals surface area contributed by atoms with Gasteiger partial charge in [0.1, 0.15) is 22.9 Å². The van der Waals surface area contributed by atoms with Gasteiger partial charge in [-0.3, -0.25) is 14.0 Å². The van der Waals surface area contributed by atoms with Crippen molar-refractivity contribution < 1.29 is 9.59 Å². The van der Waals surface area contributed by atoms with Crippen LogP contribution in [0.15, 0.2) is 49.3 Å². The second-order valence-electron chi connectivity index (χ2n) is 5.27. The van der Waals surface area contributed by atoms with Crippen molar-refractivity contribution in [2.75, 3.05) is 5.73 Å². The highest BCUT2D eigenvalue weighted by atomic mass is 16.1. The van der Waals surface area contributed by atoms with Gasteiger partial charge < -0.3 is 16.8 Å². The second kappa shape index (κ2) is 6.44. The zero-order valence-electron chi connectivity index (χ0n) is 13.3. The van der Waals surface area contributed by atoms with Crippen LogP contribution < -0.4 is 16.8 Å². The number of anilines is 1. The largest absolute Gasteiger partial charge is 0.382 e. The van der Waals surface area contributed by atoms with Gasteiger partial charge in [-0.1, -0.05) is 18.7 Å². The van der Waals surface area contributed by atoms with Crippen LogP contribution in [0.1, 0.15) is 16.2 Å². The van der Waals surface area contributed by atoms with Crippen molar-refractivity contribution in [1.82, 2.24) is 19.7 Å². The van der Waals surface area contributed by atoms with Crippen molar-refractivity contribution in [3.63, 3.8) is 0 Å². The number of nitrogens with zero attached hydrogens (tertiary/aromatic N) is 3. The first kappa shape index (κ1) is 16.2. The van der Waals surface area contributed by atoms with E-state index >= 15 is 0 Å². The molecule has 126 valence electrons. The van der Waals surface area contributed by atoms with E-state index in [2.05, 4.69) is 21.9 Å². The van der Waals surface area contributed by atoms with Crippen LogP contribution in [0.3, 0.4) is 0 Å². The van der Waals surface area contributed by atoms with Gasteiger partial charge in [0, 0.05) is 23.5 Å². The van der Waals surface area contributed by atoms with Crippen molar-refractivity contribution in [2.24, 2.45) is 5.73 Å². The number of aromatic nitrogens is 3. The monoisotopic (exact) mass is 336 g/mol. The fourth-order valence-electron chi connectivity index (χ4n) is 2.48. The zero-order chi connectivity index (χ0) is 18.0. The summed E-state index contributed by atoms with van der Waals surface area (Å²) < 4.78 is 1.77. The number of carbonyl (C=O) groups is 2. The Kier molecular flexibility index (Phi) is 4.17. The number of primary amides is 1. The molecule has 0 radical (unpaired) electrons. The van der Waals surface area contributed by atoms with E-state index in [1.807, 2.05) is 0 Å². The Morgan fingerprint density at radius 1 is 1.28 bits per heavy atom. The lowest BCUT2D eigenvalue weighted by atomic mass is 10.1. The molecule has 0 aliphatic carbocycles. The smallest absolute Gasteiger partial charge is 0.248 e. The topological polar surface area (TPSA) is 128 Å². The summed E-state index contributed by atoms with van der Waals surface area (Å²) in [6, 6.07) is 6.71. The van der Waals surface area contributed by atoms with Crippen molar-refractivity contribution in [2.45, 2.75) is 6.54 Å². The molecule has 0 saturated carbocycles. The van der Waals surface area contributed by atoms with Crippen molar-refractivity contribution in [1.29, 1.82) is 0 Å². The molecule has 0 bridgehead atoms. The third kappa shape index (κ3) is 3.05. The molecule has 0 spiro atoms. The molecule has 8 nitrogen and oxygen atoms in total. The summed E-state index contributed by atoms with van der Waals surface area (Å²) in [4.78, 5) is 31.3. The summed E-state index contributed by atoms with van der Waals surface area (Å²) in [6.07, 6.45) is 4.47. The summed E-state index contributed by atoms with van der Waals surface area (Å²) in [5.41, 5.74) is 13.7. The molecule has 0 fully saturated rings. The Morgan fingerprint density at radius 2 is 2.00 bits per heavy atom. The summed E-state index contributed by atoms with van der Waals surface area (Å²) in [6.45, 7) is 3.62. The van der Waals surface area contributed by atoms with Gasteiger partial charge in [0.2, 0.25) is 11.8 Å². The van der Waals surface area contributed by atoms with Crippen LogP contribution in [-0.4, -0.2) is 26.2 Å². The standard InChI is InChI=1S/C17H16N6O2/c1-2-13(24)21-9-12-22-14(15-16(18)20-7-8-23(12)15)10-3-5-11(6-4-10)17(19)25/h2-8H,1,9H2,(H2,18,20)(H2,19,25)(H,21,24). The first-order valence-corrected chi connectivity index (χ1v) is 7.43. The number of nitrogens with two attached hydrogens (primary N) is 2. The molecule has 2 aromatic heterocycles. The molecule has 0 atom stereocenters. The zero-order valence-corrected chi connectivity index (χ0v) is 13.3. The average molecular weight is 336 g/mol. The number of benzene rings is 1. The molecule has 1 aromatic carbocycles. The van der Waals surface area contributed by atoms with Gasteiger partial charge >= 0.3 is 0 Å². The van der Waals surface area contributed by atoms with Crippen LogP contribution in [-0.2, 0) is 11.3 Å². The highest BCUT2D eigenvalue weighted by Gasteiger charge is 2.16. The summed E-state index contributed by atoms with van der Waals surface area (Å²) >= 11 is 0. The number of amides is 2. The van der Waals surface area contributed by atoms with Gasteiger partial charge in [-0.2, -0.15) is 0 Å². The Labute approximate surface area is 143 Å². The van der Waals surface area contributed by atoms with Crippen LogP contribution in [0.2, 0.25) is 0 Å². The van der Waals surface area contributed by atoms with E-state index in [9.17, 15) is 9.59 Å². The van der Waals surface area contributed by atoms with Crippen LogP contribution in [0.5, 0.6) is 0 Å². The minimum atomic E-state index is -0.504. The summed E-state index contributed by atoms with van der Waals surface area (Å²) in [5, 5.41) is 2.69. The van der Waals surface area contributed by atoms with E-state index in [0.717, 1.165) is 5.56 Å². The lowest BCUT2D eigenvalue weighted by molar-refractivity contribution is -0.116. The molecular weight excluding hydrogens is 320 g/mol. The molecule has 0 aliphatic rings. The quantitative estimate of drug-likeness (QED) is 0.596. The van der Waals surface area contributed by atoms with Crippen LogP contribution in [0.25, 0.3) is 16.8 Å². The minimum Gasteiger partial charge on any atom is -0.382 e. The Morgan fingerprint density at radius 3 is 2.64 bits per heavy atom. The maximum atomic E-state index is 11.4. The lowest BCUT2D eigenvalue weighted by Crippen LogP contribution is -2.21. The van der Waals surface area contributed by atoms with Crippen LogP contribution >= 0.6 is 0 Å². The van der Waals surface area contributed by atoms with Crippen molar-refractivity contribution >= 4 is 23.1 Å². The first-order chi connectivity index (χ1) is 12.0. The maximum absolute atomic E-state index is 11.4. The van der Waals surface area contributed by atoms with Gasteiger partial charge in [0.05, 0.1) is 6.54 Å². The van der Waals surface area contributed by atoms with Gasteiger partial charge in [-0.05, 0) is 18.2 Å². The van der Waals surface area contributed by atoms with Crippen LogP contribution in [0.4, 0.5) is 5.82 Å². The molecule has 2 heterocycles. The molecular formula is C17H16N6O2. The average Bonchev–Trinajstić information content (AvgIpc) is 3.00. The van der Waals surface area contributed by atoms with Gasteiger partial charge in [-0.25, -0.2) is 9.97 Å². The van der Waals surface area contributed by atoms with Crippen molar-refractivity contribution in [3.8, 4) is 11.3 Å². The number of nitrogen functional groups attached to an aromatic ring is 1. The number of imidazole rings is 1. The highest BCUT2D eigenvalue weighted by molar-refractivity contribution is 5.94. The van der Waals surface area contributed by atoms with Gasteiger partial charge in [0.25, 0.3) is 0 Å². The number of nitrogens with one attached hydrogen (secondary N) is 1. The maximum Gasteiger partial charge on any atom is 0.248 e. The normalized spacial score (nSPS) is 10.6. The SMILES string of the molecule is C=CC(=O)NCc1nc(-c2ccc(C(N)=O)cc2)c2c(N)nccn12. The number of rotatable bonds is 5. The third-order valence-corrected chi connectivity index (χ3v) is 3.71. The van der Waals surface area contributed by atoms with Gasteiger partial charge in [0.15, 0.2) is 0 Å². The minimum absolute atomic E-state index is 0.203. The van der Waals surface area contributed by atoms with E-state index in [4.69, 9.17) is 11.5 Å². The fourth-order valence-corrected chi connectivity index (χ4v) is 2.48. The first-order valence-electron chi connectivity index (χ1n) is 7.43. The molecule has 0 unspecified atom stereocenters. The number of fused-ring (bicyclic) bond motifs is 1.